The summed E-state index contributed by atoms with van der Waals surface area (Å²) in [6, 6.07) is 6.90. The van der Waals surface area contributed by atoms with Crippen molar-refractivity contribution in [3.8, 4) is 0 Å². The predicted molar refractivity (Wildman–Crippen MR) is 68.5 cm³/mol. The van der Waals surface area contributed by atoms with E-state index in [4.69, 9.17) is 0 Å². The molecule has 0 amide bonds. The lowest BCUT2D eigenvalue weighted by Crippen LogP contribution is -2.27. The summed E-state index contributed by atoms with van der Waals surface area (Å²) in [4.78, 5) is 0.332. The molecule has 0 spiro atoms. The van der Waals surface area contributed by atoms with Crippen LogP contribution in [0.15, 0.2) is 29.2 Å². The third kappa shape index (κ3) is 2.79. The molecule has 1 aliphatic carbocycles. The van der Waals surface area contributed by atoms with E-state index >= 15 is 0 Å². The Bertz CT molecular complexity index is 482. The van der Waals surface area contributed by atoms with Crippen molar-refractivity contribution in [2.45, 2.75) is 30.7 Å². The van der Waals surface area contributed by atoms with Crippen LogP contribution in [0.3, 0.4) is 0 Å². The van der Waals surface area contributed by atoms with E-state index < -0.39 is 10.0 Å². The molecule has 0 aliphatic heterocycles. The van der Waals surface area contributed by atoms with Crippen molar-refractivity contribution >= 4 is 15.7 Å². The van der Waals surface area contributed by atoms with E-state index in [0.29, 0.717) is 10.8 Å². The summed E-state index contributed by atoms with van der Waals surface area (Å²) in [6.45, 7) is 2.08. The minimum Gasteiger partial charge on any atom is -0.388 e. The molecule has 2 unspecified atom stereocenters. The van der Waals surface area contributed by atoms with Crippen molar-refractivity contribution in [1.82, 2.24) is 4.72 Å². The van der Waals surface area contributed by atoms with Gasteiger partial charge in [0.15, 0.2) is 0 Å². The predicted octanol–water partition coefficient (Wildman–Crippen LogP) is 1.81. The summed E-state index contributed by atoms with van der Waals surface area (Å²) in [7, 11) is -1.54. The lowest BCUT2D eigenvalue weighted by Gasteiger charge is -2.07. The zero-order valence-corrected chi connectivity index (χ0v) is 10.9. The number of nitrogens with one attached hydrogen (secondary N) is 2. The van der Waals surface area contributed by atoms with Crippen LogP contribution in [0.4, 0.5) is 5.69 Å². The van der Waals surface area contributed by atoms with Crippen molar-refractivity contribution in [1.29, 1.82) is 0 Å². The molecule has 0 saturated heterocycles. The van der Waals surface area contributed by atoms with Crippen molar-refractivity contribution in [3.05, 3.63) is 24.3 Å². The third-order valence-corrected chi connectivity index (χ3v) is 4.71. The van der Waals surface area contributed by atoms with Crippen LogP contribution in [0.1, 0.15) is 19.8 Å². The Morgan fingerprint density at radius 2 is 1.94 bits per heavy atom. The topological polar surface area (TPSA) is 58.2 Å². The summed E-state index contributed by atoms with van der Waals surface area (Å²) in [5, 5.41) is 2.96. The maximum Gasteiger partial charge on any atom is 0.240 e. The summed E-state index contributed by atoms with van der Waals surface area (Å²) >= 11 is 0. The second-order valence-corrected chi connectivity index (χ2v) is 6.12. The molecule has 5 heteroatoms. The second kappa shape index (κ2) is 4.66. The van der Waals surface area contributed by atoms with Crippen LogP contribution in [0.5, 0.6) is 0 Å². The SMILES string of the molecule is CCC1CC1NS(=O)(=O)c1ccc(NC)cc1. The lowest BCUT2D eigenvalue weighted by atomic mass is 10.3. The maximum absolute atomic E-state index is 12.0. The molecule has 4 nitrogen and oxygen atoms in total. The Morgan fingerprint density at radius 1 is 1.29 bits per heavy atom. The van der Waals surface area contributed by atoms with Crippen molar-refractivity contribution in [3.63, 3.8) is 0 Å². The normalized spacial score (nSPS) is 23.4. The van der Waals surface area contributed by atoms with Gasteiger partial charge in [0.05, 0.1) is 4.90 Å². The summed E-state index contributed by atoms with van der Waals surface area (Å²) in [5.41, 5.74) is 0.904. The fourth-order valence-corrected chi connectivity index (χ4v) is 3.23. The van der Waals surface area contributed by atoms with Crippen molar-refractivity contribution in [2.24, 2.45) is 5.92 Å². The van der Waals surface area contributed by atoms with E-state index in [0.717, 1.165) is 18.5 Å². The second-order valence-electron chi connectivity index (χ2n) is 4.41. The van der Waals surface area contributed by atoms with E-state index in [1.54, 1.807) is 31.3 Å². The quantitative estimate of drug-likeness (QED) is 0.842. The fourth-order valence-electron chi connectivity index (χ4n) is 1.91. The van der Waals surface area contributed by atoms with Gasteiger partial charge in [0, 0.05) is 18.8 Å². The molecule has 1 aliphatic rings. The first-order valence-electron chi connectivity index (χ1n) is 5.87. The number of anilines is 1. The number of sulfonamides is 1. The number of benzene rings is 1. The molecular formula is C12H18N2O2S. The average molecular weight is 254 g/mol. The zero-order valence-electron chi connectivity index (χ0n) is 10.1. The fraction of sp³-hybridized carbons (Fsp3) is 0.500. The molecule has 94 valence electrons. The van der Waals surface area contributed by atoms with E-state index in [9.17, 15) is 8.42 Å². The summed E-state index contributed by atoms with van der Waals surface area (Å²) in [5.74, 6) is 0.515. The van der Waals surface area contributed by atoms with Gasteiger partial charge < -0.3 is 5.32 Å². The van der Waals surface area contributed by atoms with Gasteiger partial charge in [-0.15, -0.1) is 0 Å². The summed E-state index contributed by atoms with van der Waals surface area (Å²) < 4.78 is 26.8. The Kier molecular flexibility index (Phi) is 3.40. The smallest absolute Gasteiger partial charge is 0.240 e. The highest BCUT2D eigenvalue weighted by Crippen LogP contribution is 2.34. The first kappa shape index (κ1) is 12.4. The van der Waals surface area contributed by atoms with E-state index in [2.05, 4.69) is 17.0 Å². The largest absolute Gasteiger partial charge is 0.388 e. The molecule has 2 N–H and O–H groups in total. The molecule has 1 aromatic carbocycles. The van der Waals surface area contributed by atoms with Crippen LogP contribution in [-0.4, -0.2) is 21.5 Å². The van der Waals surface area contributed by atoms with Gasteiger partial charge in [-0.25, -0.2) is 13.1 Å². The van der Waals surface area contributed by atoms with Crippen LogP contribution < -0.4 is 10.0 Å². The first-order chi connectivity index (χ1) is 8.06. The van der Waals surface area contributed by atoms with Gasteiger partial charge in [0.25, 0.3) is 0 Å². The summed E-state index contributed by atoms with van der Waals surface area (Å²) in [6.07, 6.45) is 2.00. The Labute approximate surface area is 102 Å². The van der Waals surface area contributed by atoms with Crippen molar-refractivity contribution < 1.29 is 8.42 Å². The molecule has 17 heavy (non-hydrogen) atoms. The Morgan fingerprint density at radius 3 is 2.41 bits per heavy atom. The van der Waals surface area contributed by atoms with Crippen LogP contribution in [0, 0.1) is 5.92 Å². The van der Waals surface area contributed by atoms with Gasteiger partial charge in [-0.3, -0.25) is 0 Å². The molecule has 0 radical (unpaired) electrons. The van der Waals surface area contributed by atoms with Crippen LogP contribution in [0.2, 0.25) is 0 Å². The standard InChI is InChI=1S/C12H18N2O2S/c1-3-9-8-12(9)14-17(15,16)11-6-4-10(13-2)5-7-11/h4-7,9,12-14H,3,8H2,1-2H3. The van der Waals surface area contributed by atoms with Gasteiger partial charge in [-0.1, -0.05) is 13.3 Å². The zero-order chi connectivity index (χ0) is 12.5. The van der Waals surface area contributed by atoms with Gasteiger partial charge in [-0.2, -0.15) is 0 Å². The molecule has 2 rings (SSSR count). The highest BCUT2D eigenvalue weighted by atomic mass is 32.2. The van der Waals surface area contributed by atoms with Gasteiger partial charge in [-0.05, 0) is 36.6 Å². The lowest BCUT2D eigenvalue weighted by molar-refractivity contribution is 0.576. The maximum atomic E-state index is 12.0. The molecule has 0 heterocycles. The molecule has 0 aromatic heterocycles. The first-order valence-corrected chi connectivity index (χ1v) is 7.35. The average Bonchev–Trinajstić information content (AvgIpc) is 3.07. The van der Waals surface area contributed by atoms with Gasteiger partial charge in [0.1, 0.15) is 0 Å². The van der Waals surface area contributed by atoms with Crippen LogP contribution in [-0.2, 0) is 10.0 Å². The van der Waals surface area contributed by atoms with Gasteiger partial charge >= 0.3 is 0 Å². The van der Waals surface area contributed by atoms with Crippen molar-refractivity contribution in [2.75, 3.05) is 12.4 Å². The Hall–Kier alpha value is -1.07. The molecule has 2 atom stereocenters. The highest BCUT2D eigenvalue weighted by molar-refractivity contribution is 7.89. The molecule has 1 aromatic rings. The van der Waals surface area contributed by atoms with Gasteiger partial charge in [0.2, 0.25) is 10.0 Å². The minimum absolute atomic E-state index is 0.133. The van der Waals surface area contributed by atoms with Crippen LogP contribution >= 0.6 is 0 Å². The number of rotatable bonds is 5. The molecular weight excluding hydrogens is 236 g/mol. The Balaban J connectivity index is 2.09. The third-order valence-electron chi connectivity index (χ3n) is 3.21. The highest BCUT2D eigenvalue weighted by Gasteiger charge is 2.38. The van der Waals surface area contributed by atoms with E-state index in [1.165, 1.54) is 0 Å². The monoisotopic (exact) mass is 254 g/mol. The van der Waals surface area contributed by atoms with E-state index in [1.807, 2.05) is 0 Å². The van der Waals surface area contributed by atoms with E-state index in [-0.39, 0.29) is 6.04 Å². The molecule has 0 bridgehead atoms. The van der Waals surface area contributed by atoms with Crippen LogP contribution in [0.25, 0.3) is 0 Å². The number of hydrogen-bond acceptors (Lipinski definition) is 3. The number of hydrogen-bond donors (Lipinski definition) is 2. The minimum atomic E-state index is -3.34. The molecule has 1 saturated carbocycles. The molecule has 1 fully saturated rings.